The molecule has 0 N–H and O–H groups in total. The van der Waals surface area contributed by atoms with Crippen molar-refractivity contribution in [3.05, 3.63) is 189 Å². The normalized spacial score (nSPS) is 12.1. The van der Waals surface area contributed by atoms with Crippen LogP contribution in [0, 0.1) is 0 Å². The number of tetrazole rings is 1. The summed E-state index contributed by atoms with van der Waals surface area (Å²) >= 11 is -1.48. The Labute approximate surface area is 311 Å². The molecule has 0 aliphatic carbocycles. The number of nitrogens with zero attached hydrogens (tertiary/aromatic N) is 6. The Bertz CT molecular complexity index is 2310. The van der Waals surface area contributed by atoms with Crippen LogP contribution in [0.4, 0.5) is 0 Å². The van der Waals surface area contributed by atoms with Gasteiger partial charge in [-0.3, -0.25) is 9.36 Å². The van der Waals surface area contributed by atoms with Crippen LogP contribution in [0.5, 0.6) is 0 Å². The predicted molar refractivity (Wildman–Crippen MR) is 209 cm³/mol. The van der Waals surface area contributed by atoms with Crippen LogP contribution in [0.2, 0.25) is 0 Å². The third-order valence-electron chi connectivity index (χ3n) is 9.45. The van der Waals surface area contributed by atoms with E-state index < -0.39 is 28.0 Å². The fraction of sp³-hybridized carbons (Fsp3) is 0.186. The van der Waals surface area contributed by atoms with Crippen LogP contribution < -0.4 is 11.2 Å². The lowest BCUT2D eigenvalue weighted by Crippen LogP contribution is -2.42. The minimum Gasteiger partial charge on any atom is -0.610 e. The van der Waals surface area contributed by atoms with Gasteiger partial charge in [0.1, 0.15) is 11.3 Å². The summed E-state index contributed by atoms with van der Waals surface area (Å²) in [6, 6.07) is 48.3. The molecule has 0 spiro atoms. The molecular formula is C43H40N6O3S. The van der Waals surface area contributed by atoms with Gasteiger partial charge in [-0.25, -0.2) is 14.0 Å². The van der Waals surface area contributed by atoms with Crippen molar-refractivity contribution in [3.8, 4) is 22.5 Å². The molecule has 2 aromatic heterocycles. The summed E-state index contributed by atoms with van der Waals surface area (Å²) in [7, 11) is 0. The smallest absolute Gasteiger partial charge is 0.335 e. The van der Waals surface area contributed by atoms with E-state index >= 15 is 0 Å². The molecule has 1 unspecified atom stereocenters. The van der Waals surface area contributed by atoms with E-state index in [1.54, 1.807) is 0 Å². The zero-order valence-electron chi connectivity index (χ0n) is 29.7. The first-order chi connectivity index (χ1) is 26.0. The Morgan fingerprint density at radius 1 is 0.660 bits per heavy atom. The van der Waals surface area contributed by atoms with Gasteiger partial charge in [0.25, 0.3) is 5.56 Å². The molecule has 0 radical (unpaired) electrons. The molecular weight excluding hydrogens is 681 g/mol. The first kappa shape index (κ1) is 35.6. The second kappa shape index (κ2) is 15.8. The molecule has 266 valence electrons. The first-order valence-corrected chi connectivity index (χ1v) is 19.2. The maximum absolute atomic E-state index is 13.6. The van der Waals surface area contributed by atoms with E-state index in [1.165, 1.54) is 15.2 Å². The third-order valence-corrected chi connectivity index (χ3v) is 11.0. The molecule has 0 saturated carbocycles. The fourth-order valence-electron chi connectivity index (χ4n) is 7.04. The Hall–Kier alpha value is -5.84. The number of hydrogen-bond donors (Lipinski definition) is 0. The fourth-order valence-corrected chi connectivity index (χ4v) is 8.24. The highest BCUT2D eigenvalue weighted by Gasteiger charge is 2.42. The lowest BCUT2D eigenvalue weighted by molar-refractivity contribution is 0.451. The minimum absolute atomic E-state index is 0.182. The minimum atomic E-state index is -1.48. The van der Waals surface area contributed by atoms with E-state index in [-0.39, 0.29) is 11.6 Å². The standard InChI is InChI=1S/C43H40N6O3S/c1-3-28-47-39(50)30-40(53(52)29-4-2)48(42(47)51)31-32-24-26-33(27-25-32)37-22-14-15-23-38(37)41-44-45-46-49(41)43(34-16-8-5-9-17-34,35-18-10-6-11-19-35)36-20-12-7-13-21-36/h5-27,30H,3-4,28-29,31H2,1-2H3. The zero-order chi connectivity index (χ0) is 36.8. The second-order valence-electron chi connectivity index (χ2n) is 12.9. The van der Waals surface area contributed by atoms with Gasteiger partial charge in [-0.2, -0.15) is 0 Å². The van der Waals surface area contributed by atoms with E-state index in [1.807, 2.05) is 116 Å². The lowest BCUT2D eigenvalue weighted by atomic mass is 9.77. The van der Waals surface area contributed by atoms with Gasteiger partial charge >= 0.3 is 5.69 Å². The largest absolute Gasteiger partial charge is 0.610 e. The number of rotatable bonds is 13. The number of hydrogen-bond acceptors (Lipinski definition) is 6. The highest BCUT2D eigenvalue weighted by molar-refractivity contribution is 7.91. The molecule has 5 aromatic carbocycles. The summed E-state index contributed by atoms with van der Waals surface area (Å²) in [5, 5.41) is 14.0. The molecule has 7 rings (SSSR count). The van der Waals surface area contributed by atoms with Crippen molar-refractivity contribution in [1.29, 1.82) is 0 Å². The first-order valence-electron chi connectivity index (χ1n) is 17.8. The van der Waals surface area contributed by atoms with Gasteiger partial charge in [0, 0.05) is 23.3 Å². The molecule has 1 atom stereocenters. The summed E-state index contributed by atoms with van der Waals surface area (Å²) in [6.07, 6.45) is 1.30. The highest BCUT2D eigenvalue weighted by Crippen LogP contribution is 2.43. The zero-order valence-corrected chi connectivity index (χ0v) is 30.5. The molecule has 2 heterocycles. The van der Waals surface area contributed by atoms with E-state index in [0.29, 0.717) is 31.0 Å². The molecule has 0 saturated heterocycles. The Kier molecular flexibility index (Phi) is 10.6. The van der Waals surface area contributed by atoms with E-state index in [0.717, 1.165) is 38.9 Å². The molecule has 0 aliphatic heterocycles. The average Bonchev–Trinajstić information content (AvgIpc) is 3.69. The summed E-state index contributed by atoms with van der Waals surface area (Å²) < 4.78 is 17.8. The maximum Gasteiger partial charge on any atom is 0.335 e. The SMILES string of the molecule is CCCn1c(=O)cc([S+]([O-])CCC)n(Cc2ccc(-c3ccccc3-c3nnnn3C(c3ccccc3)(c3ccccc3)c3ccccc3)cc2)c1=O. The monoisotopic (exact) mass is 720 g/mol. The maximum atomic E-state index is 13.6. The van der Waals surface area contributed by atoms with Crippen LogP contribution >= 0.6 is 0 Å². The van der Waals surface area contributed by atoms with Gasteiger partial charge in [-0.1, -0.05) is 153 Å². The lowest BCUT2D eigenvalue weighted by Gasteiger charge is -2.36. The van der Waals surface area contributed by atoms with Crippen LogP contribution in [-0.4, -0.2) is 39.6 Å². The van der Waals surface area contributed by atoms with Crippen LogP contribution in [0.1, 0.15) is 48.9 Å². The topological polar surface area (TPSA) is 111 Å². The molecule has 53 heavy (non-hydrogen) atoms. The van der Waals surface area contributed by atoms with Crippen LogP contribution in [0.3, 0.4) is 0 Å². The van der Waals surface area contributed by atoms with Crippen molar-refractivity contribution in [2.24, 2.45) is 0 Å². The number of benzene rings is 5. The van der Waals surface area contributed by atoms with Gasteiger partial charge in [0.05, 0.1) is 12.6 Å². The summed E-state index contributed by atoms with van der Waals surface area (Å²) in [5.74, 6) is 0.959. The molecule has 0 bridgehead atoms. The Morgan fingerprint density at radius 2 is 1.21 bits per heavy atom. The molecule has 10 heteroatoms. The van der Waals surface area contributed by atoms with Crippen molar-refractivity contribution < 1.29 is 4.55 Å². The van der Waals surface area contributed by atoms with Crippen LogP contribution in [-0.2, 0) is 29.8 Å². The molecule has 0 fully saturated rings. The summed E-state index contributed by atoms with van der Waals surface area (Å²) in [5.41, 5.74) is 4.79. The van der Waals surface area contributed by atoms with Crippen molar-refractivity contribution in [3.63, 3.8) is 0 Å². The third kappa shape index (κ3) is 6.79. The van der Waals surface area contributed by atoms with E-state index in [9.17, 15) is 14.1 Å². The molecule has 9 nitrogen and oxygen atoms in total. The Balaban J connectivity index is 1.34. The Morgan fingerprint density at radius 3 is 1.75 bits per heavy atom. The van der Waals surface area contributed by atoms with Gasteiger partial charge in [-0.15, -0.1) is 5.10 Å². The van der Waals surface area contributed by atoms with Gasteiger partial charge < -0.3 is 4.55 Å². The molecule has 7 aromatic rings. The van der Waals surface area contributed by atoms with E-state index in [2.05, 4.69) is 52.8 Å². The van der Waals surface area contributed by atoms with Crippen molar-refractivity contribution in [2.75, 3.05) is 5.75 Å². The highest BCUT2D eigenvalue weighted by atomic mass is 32.2. The van der Waals surface area contributed by atoms with E-state index in [4.69, 9.17) is 5.21 Å². The summed E-state index contributed by atoms with van der Waals surface area (Å²) in [6.45, 7) is 4.33. The van der Waals surface area contributed by atoms with Gasteiger partial charge in [0.2, 0.25) is 5.03 Å². The van der Waals surface area contributed by atoms with Crippen LogP contribution in [0.25, 0.3) is 22.5 Å². The predicted octanol–water partition coefficient (Wildman–Crippen LogP) is 7.15. The van der Waals surface area contributed by atoms with Gasteiger partial charge in [-0.05, 0) is 56.6 Å². The quantitative estimate of drug-likeness (QED) is 0.0712. The average molecular weight is 721 g/mol. The van der Waals surface area contributed by atoms with Crippen molar-refractivity contribution >= 4 is 11.2 Å². The van der Waals surface area contributed by atoms with Crippen molar-refractivity contribution in [2.45, 2.75) is 50.3 Å². The molecule has 0 amide bonds. The van der Waals surface area contributed by atoms with Crippen LogP contribution in [0.15, 0.2) is 160 Å². The molecule has 0 aliphatic rings. The second-order valence-corrected chi connectivity index (χ2v) is 14.4. The number of aromatic nitrogens is 6. The summed E-state index contributed by atoms with van der Waals surface area (Å²) in [4.78, 5) is 26.4. The van der Waals surface area contributed by atoms with Gasteiger partial charge in [0.15, 0.2) is 5.82 Å². The van der Waals surface area contributed by atoms with Crippen molar-refractivity contribution in [1.82, 2.24) is 29.3 Å².